The predicted molar refractivity (Wildman–Crippen MR) is 96.3 cm³/mol. The van der Waals surface area contributed by atoms with Crippen LogP contribution in [0.25, 0.3) is 0 Å². The number of amides is 1. The van der Waals surface area contributed by atoms with Crippen LogP contribution in [0.4, 0.5) is 0 Å². The van der Waals surface area contributed by atoms with Crippen LogP contribution >= 0.6 is 0 Å². The van der Waals surface area contributed by atoms with Gasteiger partial charge in [0, 0.05) is 19.5 Å². The molecule has 1 heterocycles. The summed E-state index contributed by atoms with van der Waals surface area (Å²) in [5.41, 5.74) is 2.55. The van der Waals surface area contributed by atoms with Crippen LogP contribution in [0.1, 0.15) is 42.9 Å². The van der Waals surface area contributed by atoms with Gasteiger partial charge in [0.05, 0.1) is 5.92 Å². The third-order valence-corrected chi connectivity index (χ3v) is 4.99. The lowest BCUT2D eigenvalue weighted by molar-refractivity contribution is -0.141. The highest BCUT2D eigenvalue weighted by molar-refractivity contribution is 5.82. The van der Waals surface area contributed by atoms with Gasteiger partial charge >= 0.3 is 5.97 Å². The number of fused-ring (bicyclic) bond motifs is 1. The van der Waals surface area contributed by atoms with E-state index >= 15 is 0 Å². The zero-order valence-corrected chi connectivity index (χ0v) is 14.6. The molecule has 1 amide bonds. The van der Waals surface area contributed by atoms with Crippen molar-refractivity contribution >= 4 is 11.9 Å². The Labute approximate surface area is 148 Å². The van der Waals surface area contributed by atoms with E-state index in [1.54, 1.807) is 4.90 Å². The molecule has 4 heteroatoms. The van der Waals surface area contributed by atoms with Crippen LogP contribution in [0.3, 0.4) is 0 Å². The molecule has 0 spiro atoms. The number of nitrogens with zero attached hydrogens (tertiary/aromatic N) is 1. The van der Waals surface area contributed by atoms with Crippen molar-refractivity contribution in [3.63, 3.8) is 0 Å². The fourth-order valence-electron chi connectivity index (χ4n) is 3.49. The maximum atomic E-state index is 12.9. The summed E-state index contributed by atoms with van der Waals surface area (Å²) >= 11 is 0. The van der Waals surface area contributed by atoms with E-state index in [-0.39, 0.29) is 17.9 Å². The van der Waals surface area contributed by atoms with Gasteiger partial charge in [-0.15, -0.1) is 0 Å². The fourth-order valence-corrected chi connectivity index (χ4v) is 3.49. The Morgan fingerprint density at radius 3 is 2.40 bits per heavy atom. The van der Waals surface area contributed by atoms with Crippen LogP contribution in [0.5, 0.6) is 0 Å². The molecule has 4 nitrogen and oxygen atoms in total. The summed E-state index contributed by atoms with van der Waals surface area (Å²) in [6.45, 7) is 4.80. The second-order valence-corrected chi connectivity index (χ2v) is 7.29. The number of benzene rings is 2. The maximum Gasteiger partial charge on any atom is 0.312 e. The van der Waals surface area contributed by atoms with Crippen LogP contribution in [0, 0.1) is 0 Å². The van der Waals surface area contributed by atoms with Crippen molar-refractivity contribution in [1.29, 1.82) is 0 Å². The zero-order valence-electron chi connectivity index (χ0n) is 14.6. The van der Waals surface area contributed by atoms with E-state index in [1.807, 2.05) is 68.4 Å². The Bertz CT molecular complexity index is 783. The molecule has 0 radical (unpaired) electrons. The number of carbonyl (C=O) groups excluding carboxylic acids is 1. The Kier molecular flexibility index (Phi) is 4.62. The molecule has 1 atom stereocenters. The van der Waals surface area contributed by atoms with Crippen LogP contribution in [-0.4, -0.2) is 28.4 Å². The lowest BCUT2D eigenvalue weighted by Crippen LogP contribution is -2.42. The molecule has 3 rings (SSSR count). The van der Waals surface area contributed by atoms with Gasteiger partial charge in [-0.05, 0) is 22.1 Å². The van der Waals surface area contributed by atoms with Gasteiger partial charge in [0.15, 0.2) is 0 Å². The summed E-state index contributed by atoms with van der Waals surface area (Å²) in [5, 5.41) is 9.56. The topological polar surface area (TPSA) is 57.6 Å². The first-order valence-corrected chi connectivity index (χ1v) is 8.52. The van der Waals surface area contributed by atoms with Crippen molar-refractivity contribution in [3.8, 4) is 0 Å². The van der Waals surface area contributed by atoms with E-state index in [9.17, 15) is 14.7 Å². The van der Waals surface area contributed by atoms with E-state index in [0.29, 0.717) is 13.0 Å². The van der Waals surface area contributed by atoms with E-state index in [0.717, 1.165) is 16.7 Å². The van der Waals surface area contributed by atoms with Gasteiger partial charge in [0.2, 0.25) is 5.91 Å². The van der Waals surface area contributed by atoms with Crippen molar-refractivity contribution in [2.45, 2.75) is 38.1 Å². The molecule has 25 heavy (non-hydrogen) atoms. The second-order valence-electron chi connectivity index (χ2n) is 7.29. The van der Waals surface area contributed by atoms with Crippen molar-refractivity contribution in [2.24, 2.45) is 0 Å². The van der Waals surface area contributed by atoms with Crippen LogP contribution < -0.4 is 0 Å². The molecule has 0 aromatic heterocycles. The number of aliphatic carboxylic acids is 1. The monoisotopic (exact) mass is 337 g/mol. The normalized spacial score (nSPS) is 17.0. The molecule has 1 aliphatic heterocycles. The first-order valence-electron chi connectivity index (χ1n) is 8.52. The van der Waals surface area contributed by atoms with Crippen LogP contribution in [0.15, 0.2) is 54.6 Å². The maximum absolute atomic E-state index is 12.9. The molecule has 0 aliphatic carbocycles. The molecule has 1 unspecified atom stereocenters. The molecule has 1 aliphatic rings. The molecule has 130 valence electrons. The van der Waals surface area contributed by atoms with E-state index in [2.05, 4.69) is 0 Å². The van der Waals surface area contributed by atoms with Crippen molar-refractivity contribution in [3.05, 3.63) is 71.3 Å². The first kappa shape index (κ1) is 17.2. The number of hydrogen-bond donors (Lipinski definition) is 1. The fraction of sp³-hybridized carbons (Fsp3) is 0.333. The molecule has 0 saturated carbocycles. The Hall–Kier alpha value is -2.62. The molecule has 2 aromatic carbocycles. The molecule has 0 fully saturated rings. The lowest BCUT2D eigenvalue weighted by atomic mass is 9.80. The SMILES string of the molecule is CC(C)(CC(=O)N1Cc2ccccc2C(C(=O)O)C1)c1ccccc1. The number of carboxylic acids is 1. The summed E-state index contributed by atoms with van der Waals surface area (Å²) in [6.07, 6.45) is 0.353. The van der Waals surface area contributed by atoms with Gasteiger partial charge in [-0.1, -0.05) is 68.4 Å². The summed E-state index contributed by atoms with van der Waals surface area (Å²) in [7, 11) is 0. The Morgan fingerprint density at radius 2 is 1.72 bits per heavy atom. The summed E-state index contributed by atoms with van der Waals surface area (Å²) in [4.78, 5) is 26.2. The van der Waals surface area contributed by atoms with Crippen molar-refractivity contribution < 1.29 is 14.7 Å². The molecule has 1 N–H and O–H groups in total. The highest BCUT2D eigenvalue weighted by Gasteiger charge is 2.34. The number of carbonyl (C=O) groups is 2. The quantitative estimate of drug-likeness (QED) is 0.928. The van der Waals surface area contributed by atoms with Crippen LogP contribution in [0.2, 0.25) is 0 Å². The van der Waals surface area contributed by atoms with E-state index in [4.69, 9.17) is 0 Å². The summed E-state index contributed by atoms with van der Waals surface area (Å²) in [5.74, 6) is -1.55. The number of rotatable bonds is 4. The molecule has 2 aromatic rings. The smallest absolute Gasteiger partial charge is 0.312 e. The summed E-state index contributed by atoms with van der Waals surface area (Å²) in [6, 6.07) is 17.5. The highest BCUT2D eigenvalue weighted by atomic mass is 16.4. The Balaban J connectivity index is 1.80. The van der Waals surface area contributed by atoms with Gasteiger partial charge in [0.1, 0.15) is 0 Å². The average Bonchev–Trinajstić information content (AvgIpc) is 2.61. The first-order chi connectivity index (χ1) is 11.9. The van der Waals surface area contributed by atoms with Crippen LogP contribution in [-0.2, 0) is 21.5 Å². The van der Waals surface area contributed by atoms with Gasteiger partial charge < -0.3 is 10.0 Å². The third kappa shape index (κ3) is 3.58. The predicted octanol–water partition coefficient (Wildman–Crippen LogP) is 3.56. The minimum Gasteiger partial charge on any atom is -0.481 e. The average molecular weight is 337 g/mol. The molecular formula is C21H23NO3. The highest BCUT2D eigenvalue weighted by Crippen LogP contribution is 2.32. The number of carboxylic acid groups (broad SMARTS) is 1. The molecule has 0 saturated heterocycles. The molecule has 0 bridgehead atoms. The Morgan fingerprint density at radius 1 is 1.08 bits per heavy atom. The largest absolute Gasteiger partial charge is 0.481 e. The standard InChI is InChI=1S/C21H23NO3/c1-21(2,16-9-4-3-5-10-16)12-19(23)22-13-15-8-6-7-11-17(15)18(14-22)20(24)25/h3-11,18H,12-14H2,1-2H3,(H,24,25). The van der Waals surface area contributed by atoms with E-state index < -0.39 is 11.9 Å². The molecular weight excluding hydrogens is 314 g/mol. The van der Waals surface area contributed by atoms with Gasteiger partial charge in [-0.2, -0.15) is 0 Å². The van der Waals surface area contributed by atoms with Crippen molar-refractivity contribution in [2.75, 3.05) is 6.54 Å². The number of hydrogen-bond acceptors (Lipinski definition) is 2. The van der Waals surface area contributed by atoms with Gasteiger partial charge in [0.25, 0.3) is 0 Å². The zero-order chi connectivity index (χ0) is 18.0. The van der Waals surface area contributed by atoms with Crippen molar-refractivity contribution in [1.82, 2.24) is 4.90 Å². The van der Waals surface area contributed by atoms with E-state index in [1.165, 1.54) is 0 Å². The third-order valence-electron chi connectivity index (χ3n) is 4.99. The minimum atomic E-state index is -0.882. The lowest BCUT2D eigenvalue weighted by Gasteiger charge is -2.35. The second kappa shape index (κ2) is 6.71. The van der Waals surface area contributed by atoms with Gasteiger partial charge in [-0.25, -0.2) is 0 Å². The minimum absolute atomic E-state index is 0.00499. The summed E-state index contributed by atoms with van der Waals surface area (Å²) < 4.78 is 0. The van der Waals surface area contributed by atoms with Gasteiger partial charge in [-0.3, -0.25) is 9.59 Å².